The first-order chi connectivity index (χ1) is 14.4. The molecule has 2 atom stereocenters. The van der Waals surface area contributed by atoms with Crippen molar-refractivity contribution < 1.29 is 18.9 Å². The summed E-state index contributed by atoms with van der Waals surface area (Å²) in [5.41, 5.74) is 2.49. The predicted octanol–water partition coefficient (Wildman–Crippen LogP) is 5.01. The van der Waals surface area contributed by atoms with Gasteiger partial charge in [0, 0.05) is 34.9 Å². The van der Waals surface area contributed by atoms with E-state index in [9.17, 15) is 0 Å². The van der Waals surface area contributed by atoms with Crippen molar-refractivity contribution >= 4 is 21.6 Å². The van der Waals surface area contributed by atoms with E-state index in [4.69, 9.17) is 24.0 Å². The Labute approximate surface area is 183 Å². The summed E-state index contributed by atoms with van der Waals surface area (Å²) in [6.07, 6.45) is 2.35. The summed E-state index contributed by atoms with van der Waals surface area (Å²) >= 11 is 3.62. The maximum Gasteiger partial charge on any atom is 0.231 e. The van der Waals surface area contributed by atoms with Crippen LogP contribution in [0.2, 0.25) is 0 Å². The molecule has 2 aromatic rings. The SMILES string of the molecule is CC1(C)C[C@]2(CCO1)Oc1ccc(Br)cc1[C@H]1CC(c3ccc4c(c3)OCO4)=NN12. The second-order valence-electron chi connectivity index (χ2n) is 8.94. The number of rotatable bonds is 1. The first-order valence-corrected chi connectivity index (χ1v) is 11.1. The number of hydrogen-bond acceptors (Lipinski definition) is 6. The van der Waals surface area contributed by atoms with E-state index in [1.807, 2.05) is 18.2 Å². The largest absolute Gasteiger partial charge is 0.466 e. The molecule has 4 aliphatic heterocycles. The van der Waals surface area contributed by atoms with Gasteiger partial charge in [-0.3, -0.25) is 0 Å². The summed E-state index contributed by atoms with van der Waals surface area (Å²) in [6.45, 7) is 5.17. The molecule has 1 spiro atoms. The van der Waals surface area contributed by atoms with Gasteiger partial charge >= 0.3 is 0 Å². The molecule has 0 aromatic heterocycles. The number of benzene rings is 2. The van der Waals surface area contributed by atoms with Crippen LogP contribution in [-0.4, -0.2) is 35.4 Å². The van der Waals surface area contributed by atoms with Gasteiger partial charge in [-0.05, 0) is 50.2 Å². The quantitative estimate of drug-likeness (QED) is 0.586. The topological polar surface area (TPSA) is 52.5 Å². The standard InChI is InChI=1S/C23H23BrN2O4/c1-22(2)12-23(7-8-29-22)26-18(16-10-15(24)4-6-19(16)30-23)11-17(25-26)14-3-5-20-21(9-14)28-13-27-20/h3-6,9-10,18H,7-8,11-13H2,1-2H3/t18-,23+/m1/s1. The van der Waals surface area contributed by atoms with Gasteiger partial charge in [-0.15, -0.1) is 0 Å². The molecule has 4 aliphatic rings. The minimum atomic E-state index is -0.509. The molecule has 4 heterocycles. The van der Waals surface area contributed by atoms with Crippen molar-refractivity contribution in [2.75, 3.05) is 13.4 Å². The number of halogens is 1. The monoisotopic (exact) mass is 470 g/mol. The first kappa shape index (κ1) is 18.5. The van der Waals surface area contributed by atoms with Crippen LogP contribution in [0, 0.1) is 0 Å². The third kappa shape index (κ3) is 2.82. The minimum absolute atomic E-state index is 0.126. The third-order valence-electron chi connectivity index (χ3n) is 6.35. The van der Waals surface area contributed by atoms with E-state index in [-0.39, 0.29) is 18.4 Å². The van der Waals surface area contributed by atoms with Gasteiger partial charge in [-0.25, -0.2) is 5.01 Å². The Hall–Kier alpha value is -2.25. The molecule has 2 aromatic carbocycles. The molecule has 0 unspecified atom stereocenters. The molecule has 156 valence electrons. The van der Waals surface area contributed by atoms with Crippen molar-refractivity contribution in [2.24, 2.45) is 5.10 Å². The van der Waals surface area contributed by atoms with Gasteiger partial charge in [0.2, 0.25) is 12.5 Å². The zero-order chi connectivity index (χ0) is 20.5. The van der Waals surface area contributed by atoms with Crippen LogP contribution in [0.4, 0.5) is 0 Å². The van der Waals surface area contributed by atoms with E-state index in [0.717, 1.165) is 52.3 Å². The lowest BCUT2D eigenvalue weighted by Gasteiger charge is -2.52. The highest BCUT2D eigenvalue weighted by Gasteiger charge is 2.54. The maximum absolute atomic E-state index is 6.70. The summed E-state index contributed by atoms with van der Waals surface area (Å²) in [5, 5.41) is 7.33. The Kier molecular flexibility index (Phi) is 3.93. The highest BCUT2D eigenvalue weighted by Crippen LogP contribution is 2.52. The van der Waals surface area contributed by atoms with Gasteiger partial charge in [0.1, 0.15) is 5.75 Å². The van der Waals surface area contributed by atoms with Crippen LogP contribution >= 0.6 is 15.9 Å². The predicted molar refractivity (Wildman–Crippen MR) is 115 cm³/mol. The van der Waals surface area contributed by atoms with Gasteiger partial charge < -0.3 is 18.9 Å². The zero-order valence-electron chi connectivity index (χ0n) is 17.0. The number of ether oxygens (including phenoxy) is 4. The van der Waals surface area contributed by atoms with Gasteiger partial charge in [-0.1, -0.05) is 15.9 Å². The van der Waals surface area contributed by atoms with Crippen LogP contribution in [0.3, 0.4) is 0 Å². The summed E-state index contributed by atoms with van der Waals surface area (Å²) in [7, 11) is 0. The van der Waals surface area contributed by atoms with Crippen molar-refractivity contribution in [1.82, 2.24) is 5.01 Å². The van der Waals surface area contributed by atoms with Crippen LogP contribution in [0.5, 0.6) is 17.2 Å². The Morgan fingerprint density at radius 1 is 1.07 bits per heavy atom. The Bertz CT molecular complexity index is 1070. The molecule has 0 N–H and O–H groups in total. The average molecular weight is 471 g/mol. The van der Waals surface area contributed by atoms with E-state index in [1.54, 1.807) is 0 Å². The molecule has 0 radical (unpaired) electrons. The maximum atomic E-state index is 6.70. The summed E-state index contributed by atoms with van der Waals surface area (Å²) in [6, 6.07) is 12.5. The smallest absolute Gasteiger partial charge is 0.231 e. The second-order valence-corrected chi connectivity index (χ2v) is 9.86. The molecule has 1 fully saturated rings. The van der Waals surface area contributed by atoms with Crippen LogP contribution in [0.15, 0.2) is 46.0 Å². The average Bonchev–Trinajstić information content (AvgIpc) is 3.35. The Morgan fingerprint density at radius 2 is 1.90 bits per heavy atom. The van der Waals surface area contributed by atoms with Gasteiger partial charge in [0.25, 0.3) is 0 Å². The molecule has 0 saturated carbocycles. The van der Waals surface area contributed by atoms with Crippen molar-refractivity contribution in [3.63, 3.8) is 0 Å². The van der Waals surface area contributed by atoms with E-state index >= 15 is 0 Å². The minimum Gasteiger partial charge on any atom is -0.466 e. The molecule has 6 rings (SSSR count). The zero-order valence-corrected chi connectivity index (χ0v) is 18.6. The van der Waals surface area contributed by atoms with Crippen LogP contribution in [0.1, 0.15) is 50.3 Å². The van der Waals surface area contributed by atoms with E-state index in [2.05, 4.69) is 53.0 Å². The normalized spacial score (nSPS) is 28.0. The summed E-state index contributed by atoms with van der Waals surface area (Å²) < 4.78 is 24.8. The van der Waals surface area contributed by atoms with Gasteiger partial charge in [0.15, 0.2) is 11.5 Å². The molecule has 0 bridgehead atoms. The fraction of sp³-hybridized carbons (Fsp3) is 0.435. The van der Waals surface area contributed by atoms with Crippen LogP contribution < -0.4 is 14.2 Å². The molecule has 0 aliphatic carbocycles. The lowest BCUT2D eigenvalue weighted by Crippen LogP contribution is -2.60. The lowest BCUT2D eigenvalue weighted by molar-refractivity contribution is -0.212. The third-order valence-corrected chi connectivity index (χ3v) is 6.85. The number of nitrogens with zero attached hydrogens (tertiary/aromatic N) is 2. The van der Waals surface area contributed by atoms with Crippen molar-refractivity contribution in [3.8, 4) is 17.2 Å². The highest BCUT2D eigenvalue weighted by atomic mass is 79.9. The second kappa shape index (κ2) is 6.37. The number of hydrogen-bond donors (Lipinski definition) is 0. The molecular formula is C23H23BrN2O4. The van der Waals surface area contributed by atoms with Crippen molar-refractivity contribution in [2.45, 2.75) is 50.5 Å². The molecular weight excluding hydrogens is 448 g/mol. The molecule has 7 heteroatoms. The molecule has 30 heavy (non-hydrogen) atoms. The summed E-state index contributed by atoms with van der Waals surface area (Å²) in [5.74, 6) is 2.51. The van der Waals surface area contributed by atoms with Crippen LogP contribution in [-0.2, 0) is 4.74 Å². The van der Waals surface area contributed by atoms with Crippen molar-refractivity contribution in [1.29, 1.82) is 0 Å². The fourth-order valence-corrected chi connectivity index (χ4v) is 5.46. The first-order valence-electron chi connectivity index (χ1n) is 10.3. The van der Waals surface area contributed by atoms with E-state index in [0.29, 0.717) is 6.61 Å². The van der Waals surface area contributed by atoms with E-state index in [1.165, 1.54) is 5.56 Å². The molecule has 1 saturated heterocycles. The number of hydrazone groups is 1. The lowest BCUT2D eigenvalue weighted by atomic mass is 9.86. The Balaban J connectivity index is 1.45. The fourth-order valence-electron chi connectivity index (χ4n) is 5.08. The molecule has 6 nitrogen and oxygen atoms in total. The van der Waals surface area contributed by atoms with Gasteiger partial charge in [-0.2, -0.15) is 5.10 Å². The van der Waals surface area contributed by atoms with Crippen LogP contribution in [0.25, 0.3) is 0 Å². The Morgan fingerprint density at radius 3 is 2.77 bits per heavy atom. The number of fused-ring (bicyclic) bond motifs is 5. The van der Waals surface area contributed by atoms with Crippen molar-refractivity contribution in [3.05, 3.63) is 52.0 Å². The van der Waals surface area contributed by atoms with E-state index < -0.39 is 5.72 Å². The summed E-state index contributed by atoms with van der Waals surface area (Å²) in [4.78, 5) is 0. The molecule has 0 amide bonds. The van der Waals surface area contributed by atoms with Gasteiger partial charge in [0.05, 0.1) is 24.0 Å². The highest BCUT2D eigenvalue weighted by molar-refractivity contribution is 9.10.